The van der Waals surface area contributed by atoms with Gasteiger partial charge in [-0.3, -0.25) is 14.5 Å². The Kier molecular flexibility index (Phi) is 7.59. The van der Waals surface area contributed by atoms with Crippen LogP contribution < -0.4 is 10.1 Å². The Morgan fingerprint density at radius 1 is 1.32 bits per heavy atom. The number of carbonyl (C=O) groups is 3. The van der Waals surface area contributed by atoms with E-state index in [2.05, 4.69) is 5.32 Å². The molecule has 1 unspecified atom stereocenters. The minimum Gasteiger partial charge on any atom is -0.497 e. The molecule has 0 aromatic heterocycles. The van der Waals surface area contributed by atoms with E-state index in [9.17, 15) is 14.4 Å². The van der Waals surface area contributed by atoms with Gasteiger partial charge in [-0.25, -0.2) is 4.79 Å². The number of thioether (sulfide) groups is 1. The smallest absolute Gasteiger partial charge is 0.326 e. The first kappa shape index (κ1) is 21.9. The first-order valence-electron chi connectivity index (χ1n) is 8.64. The Hall–Kier alpha value is -2.39. The van der Waals surface area contributed by atoms with Crippen molar-refractivity contribution in [2.24, 2.45) is 5.92 Å². The molecule has 9 heteroatoms. The van der Waals surface area contributed by atoms with E-state index in [1.54, 1.807) is 39.2 Å². The third-order valence-corrected chi connectivity index (χ3v) is 5.48. The Bertz CT molecular complexity index is 805. The van der Waals surface area contributed by atoms with Crippen LogP contribution in [0.15, 0.2) is 29.2 Å². The van der Waals surface area contributed by atoms with Crippen LogP contribution in [0.2, 0.25) is 0 Å². The minimum atomic E-state index is -1.09. The van der Waals surface area contributed by atoms with Gasteiger partial charge < -0.3 is 15.2 Å². The molecule has 1 atom stereocenters. The van der Waals surface area contributed by atoms with E-state index in [4.69, 9.17) is 22.1 Å². The Morgan fingerprint density at radius 3 is 2.50 bits per heavy atom. The highest BCUT2D eigenvalue weighted by atomic mass is 32.2. The van der Waals surface area contributed by atoms with Crippen LogP contribution in [0.3, 0.4) is 0 Å². The molecule has 1 fully saturated rings. The zero-order chi connectivity index (χ0) is 20.8. The van der Waals surface area contributed by atoms with Crippen LogP contribution in [0, 0.1) is 5.92 Å². The van der Waals surface area contributed by atoms with Gasteiger partial charge in [-0.2, -0.15) is 0 Å². The van der Waals surface area contributed by atoms with E-state index in [1.807, 2.05) is 12.1 Å². The van der Waals surface area contributed by atoms with Crippen molar-refractivity contribution in [3.05, 3.63) is 34.7 Å². The molecule has 1 saturated heterocycles. The summed E-state index contributed by atoms with van der Waals surface area (Å²) in [6, 6.07) is 6.29. The van der Waals surface area contributed by atoms with Gasteiger partial charge in [0.1, 0.15) is 16.1 Å². The number of carbonyl (C=O) groups excluding carboxylic acids is 2. The van der Waals surface area contributed by atoms with Crippen molar-refractivity contribution in [3.8, 4) is 5.75 Å². The number of benzene rings is 1. The minimum absolute atomic E-state index is 0.0290. The van der Waals surface area contributed by atoms with Crippen molar-refractivity contribution in [1.29, 1.82) is 0 Å². The molecule has 0 spiro atoms. The van der Waals surface area contributed by atoms with Gasteiger partial charge in [0.05, 0.1) is 12.0 Å². The largest absolute Gasteiger partial charge is 0.497 e. The molecular weight excluding hydrogens is 400 g/mol. The van der Waals surface area contributed by atoms with Crippen LogP contribution in [-0.4, -0.2) is 51.8 Å². The van der Waals surface area contributed by atoms with Crippen LogP contribution >= 0.6 is 24.0 Å². The fourth-order valence-corrected chi connectivity index (χ4v) is 3.83. The summed E-state index contributed by atoms with van der Waals surface area (Å²) >= 11 is 6.43. The van der Waals surface area contributed by atoms with Crippen molar-refractivity contribution < 1.29 is 24.2 Å². The fourth-order valence-electron chi connectivity index (χ4n) is 2.52. The highest BCUT2D eigenvalue weighted by molar-refractivity contribution is 8.26. The lowest BCUT2D eigenvalue weighted by Gasteiger charge is -2.19. The van der Waals surface area contributed by atoms with Crippen molar-refractivity contribution >= 4 is 52.2 Å². The summed E-state index contributed by atoms with van der Waals surface area (Å²) in [7, 11) is 1.58. The molecule has 1 aromatic carbocycles. The second-order valence-corrected chi connectivity index (χ2v) is 8.16. The number of amides is 2. The van der Waals surface area contributed by atoms with Gasteiger partial charge in [0.2, 0.25) is 5.91 Å². The van der Waals surface area contributed by atoms with Crippen molar-refractivity contribution in [1.82, 2.24) is 10.2 Å². The topological polar surface area (TPSA) is 95.9 Å². The highest BCUT2D eigenvalue weighted by Crippen LogP contribution is 2.32. The van der Waals surface area contributed by atoms with Crippen molar-refractivity contribution in [3.63, 3.8) is 0 Å². The maximum atomic E-state index is 12.6. The molecule has 0 aliphatic carbocycles. The van der Waals surface area contributed by atoms with Gasteiger partial charge >= 0.3 is 5.97 Å². The third-order valence-electron chi connectivity index (χ3n) is 4.10. The number of methoxy groups -OCH3 is 1. The quantitative estimate of drug-likeness (QED) is 0.491. The average molecular weight is 423 g/mol. The molecule has 1 heterocycles. The van der Waals surface area contributed by atoms with Gasteiger partial charge in [0, 0.05) is 13.0 Å². The number of rotatable bonds is 8. The molecule has 2 rings (SSSR count). The first-order chi connectivity index (χ1) is 13.2. The summed E-state index contributed by atoms with van der Waals surface area (Å²) in [5.41, 5.74) is 0.834. The Balaban J connectivity index is 1.98. The lowest BCUT2D eigenvalue weighted by molar-refractivity contribution is -0.143. The predicted molar refractivity (Wildman–Crippen MR) is 112 cm³/mol. The third kappa shape index (κ3) is 5.56. The van der Waals surface area contributed by atoms with Crippen LogP contribution in [0.4, 0.5) is 0 Å². The van der Waals surface area contributed by atoms with Gasteiger partial charge in [0.25, 0.3) is 5.91 Å². The fraction of sp³-hybridized carbons (Fsp3) is 0.368. The molecule has 150 valence electrons. The molecule has 2 amide bonds. The molecule has 0 radical (unpaired) electrons. The molecule has 1 aliphatic rings. The summed E-state index contributed by atoms with van der Waals surface area (Å²) in [6.07, 6.45) is 1.71. The number of thiocarbonyl (C=S) groups is 1. The summed E-state index contributed by atoms with van der Waals surface area (Å²) < 4.78 is 5.48. The number of aliphatic carboxylic acids is 1. The zero-order valence-corrected chi connectivity index (χ0v) is 17.4. The number of nitrogens with zero attached hydrogens (tertiary/aromatic N) is 1. The maximum Gasteiger partial charge on any atom is 0.326 e. The number of ether oxygens (including phenoxy) is 1. The monoisotopic (exact) mass is 422 g/mol. The van der Waals surface area contributed by atoms with E-state index in [0.29, 0.717) is 9.23 Å². The second-order valence-electron chi connectivity index (χ2n) is 6.48. The van der Waals surface area contributed by atoms with Gasteiger partial charge in [0.15, 0.2) is 0 Å². The lowest BCUT2D eigenvalue weighted by Crippen LogP contribution is -2.45. The van der Waals surface area contributed by atoms with Gasteiger partial charge in [-0.15, -0.1) is 0 Å². The lowest BCUT2D eigenvalue weighted by atomic mass is 10.0. The summed E-state index contributed by atoms with van der Waals surface area (Å²) in [5, 5.41) is 11.6. The van der Waals surface area contributed by atoms with Crippen LogP contribution in [-0.2, 0) is 14.4 Å². The second kappa shape index (κ2) is 9.70. The maximum absolute atomic E-state index is 12.6. The van der Waals surface area contributed by atoms with Crippen LogP contribution in [0.25, 0.3) is 6.08 Å². The van der Waals surface area contributed by atoms with E-state index in [-0.39, 0.29) is 24.8 Å². The normalized spacial score (nSPS) is 16.6. The SMILES string of the molecule is COc1ccc(C=C2SC(=S)N(CCC(=O)NC(C(=O)O)C(C)C)C2=O)cc1. The van der Waals surface area contributed by atoms with E-state index in [1.165, 1.54) is 16.7 Å². The Labute approximate surface area is 173 Å². The number of carboxylic acids is 1. The average Bonchev–Trinajstić information content (AvgIpc) is 2.91. The molecule has 1 aromatic rings. The molecule has 0 saturated carbocycles. The number of carboxylic acid groups (broad SMARTS) is 1. The van der Waals surface area contributed by atoms with Gasteiger partial charge in [-0.05, 0) is 29.7 Å². The Morgan fingerprint density at radius 2 is 1.96 bits per heavy atom. The van der Waals surface area contributed by atoms with Crippen molar-refractivity contribution in [2.75, 3.05) is 13.7 Å². The number of hydrogen-bond acceptors (Lipinski definition) is 6. The van der Waals surface area contributed by atoms with Gasteiger partial charge in [-0.1, -0.05) is 50.0 Å². The molecule has 0 bridgehead atoms. The van der Waals surface area contributed by atoms with E-state index >= 15 is 0 Å². The summed E-state index contributed by atoms with van der Waals surface area (Å²) in [5.74, 6) is -1.31. The van der Waals surface area contributed by atoms with E-state index < -0.39 is 17.9 Å². The van der Waals surface area contributed by atoms with E-state index in [0.717, 1.165) is 11.3 Å². The predicted octanol–water partition coefficient (Wildman–Crippen LogP) is 2.51. The number of nitrogens with one attached hydrogen (secondary N) is 1. The molecular formula is C19H22N2O5S2. The van der Waals surface area contributed by atoms with Crippen LogP contribution in [0.5, 0.6) is 5.75 Å². The van der Waals surface area contributed by atoms with Crippen molar-refractivity contribution in [2.45, 2.75) is 26.3 Å². The molecule has 7 nitrogen and oxygen atoms in total. The summed E-state index contributed by atoms with van der Waals surface area (Å²) in [4.78, 5) is 37.7. The highest BCUT2D eigenvalue weighted by Gasteiger charge is 2.32. The number of hydrogen-bond donors (Lipinski definition) is 2. The molecule has 28 heavy (non-hydrogen) atoms. The standard InChI is InChI=1S/C19H22N2O5S2/c1-11(2)16(18(24)25)20-15(22)8-9-21-17(23)14(28-19(21)27)10-12-4-6-13(26-3)7-5-12/h4-7,10-11,16H,8-9H2,1-3H3,(H,20,22)(H,24,25). The molecule has 1 aliphatic heterocycles. The summed E-state index contributed by atoms with van der Waals surface area (Å²) in [6.45, 7) is 3.52. The van der Waals surface area contributed by atoms with Crippen LogP contribution in [0.1, 0.15) is 25.8 Å². The first-order valence-corrected chi connectivity index (χ1v) is 9.87. The zero-order valence-electron chi connectivity index (χ0n) is 15.8. The molecule has 2 N–H and O–H groups in total.